The molecule has 0 atom stereocenters. The number of ether oxygens (including phenoxy) is 3. The lowest BCUT2D eigenvalue weighted by molar-refractivity contribution is -0.872. The fourth-order valence-corrected chi connectivity index (χ4v) is 2.92. The molecular weight excluding hydrogens is 334 g/mol. The van der Waals surface area contributed by atoms with Gasteiger partial charge in [0.05, 0.1) is 39.4 Å². The number of methoxy groups -OCH3 is 2. The van der Waals surface area contributed by atoms with Crippen LogP contribution >= 0.6 is 0 Å². The summed E-state index contributed by atoms with van der Waals surface area (Å²) in [7, 11) is 7.06. The van der Waals surface area contributed by atoms with Gasteiger partial charge >= 0.3 is 0 Å². The molecule has 3 rings (SSSR count). The Kier molecular flexibility index (Phi) is 4.86. The molecule has 136 valence electrons. The maximum atomic E-state index is 12.7. The molecular formula is C20H22NO5+. The molecule has 6 heteroatoms. The third-order valence-electron chi connectivity index (χ3n) is 4.15. The fraction of sp³-hybridized carbons (Fsp3) is 0.250. The van der Waals surface area contributed by atoms with Crippen molar-refractivity contribution in [1.82, 2.24) is 0 Å². The van der Waals surface area contributed by atoms with Gasteiger partial charge in [-0.05, 0) is 35.9 Å². The van der Waals surface area contributed by atoms with Crippen LogP contribution in [0.5, 0.6) is 23.0 Å². The molecule has 0 aliphatic carbocycles. The minimum Gasteiger partial charge on any atom is -0.507 e. The first-order chi connectivity index (χ1) is 12.4. The molecule has 26 heavy (non-hydrogen) atoms. The average Bonchev–Trinajstić information content (AvgIpc) is 2.93. The van der Waals surface area contributed by atoms with E-state index in [1.165, 1.54) is 6.07 Å². The van der Waals surface area contributed by atoms with Crippen molar-refractivity contribution < 1.29 is 29.0 Å². The summed E-state index contributed by atoms with van der Waals surface area (Å²) in [4.78, 5) is 13.8. The van der Waals surface area contributed by atoms with Crippen molar-refractivity contribution >= 4 is 11.9 Å². The second-order valence-electron chi connectivity index (χ2n) is 6.38. The van der Waals surface area contributed by atoms with Crippen LogP contribution in [-0.4, -0.2) is 39.2 Å². The van der Waals surface area contributed by atoms with Crippen LogP contribution in [0.2, 0.25) is 0 Å². The minimum absolute atomic E-state index is 0.130. The fourth-order valence-electron chi connectivity index (χ4n) is 2.92. The Morgan fingerprint density at radius 2 is 1.85 bits per heavy atom. The highest BCUT2D eigenvalue weighted by atomic mass is 16.5. The maximum Gasteiger partial charge on any atom is 0.231 e. The number of allylic oxidation sites excluding steroid dienone is 1. The number of carbonyl (C=O) groups excluding carboxylic acids is 1. The van der Waals surface area contributed by atoms with E-state index in [0.717, 1.165) is 10.5 Å². The van der Waals surface area contributed by atoms with Crippen LogP contribution in [0.4, 0.5) is 0 Å². The zero-order chi connectivity index (χ0) is 18.8. The summed E-state index contributed by atoms with van der Waals surface area (Å²) < 4.78 is 16.3. The summed E-state index contributed by atoms with van der Waals surface area (Å²) in [5.74, 6) is 1.75. The Labute approximate surface area is 152 Å². The predicted molar refractivity (Wildman–Crippen MR) is 97.1 cm³/mol. The van der Waals surface area contributed by atoms with Crippen LogP contribution in [0.3, 0.4) is 0 Å². The smallest absolute Gasteiger partial charge is 0.231 e. The molecule has 0 amide bonds. The summed E-state index contributed by atoms with van der Waals surface area (Å²) in [5, 5.41) is 10.2. The number of benzene rings is 2. The van der Waals surface area contributed by atoms with E-state index in [9.17, 15) is 9.90 Å². The molecule has 1 aliphatic heterocycles. The van der Waals surface area contributed by atoms with E-state index in [1.54, 1.807) is 38.5 Å². The normalized spacial score (nSPS) is 14.5. The number of aromatic hydroxyl groups is 1. The molecule has 1 heterocycles. The molecule has 0 saturated heterocycles. The number of quaternary nitrogens is 1. The second-order valence-corrected chi connectivity index (χ2v) is 6.38. The van der Waals surface area contributed by atoms with E-state index in [4.69, 9.17) is 14.2 Å². The Bertz CT molecular complexity index is 886. The molecule has 0 spiro atoms. The highest BCUT2D eigenvalue weighted by Gasteiger charge is 2.32. The lowest BCUT2D eigenvalue weighted by Gasteiger charge is -2.12. The van der Waals surface area contributed by atoms with E-state index in [2.05, 4.69) is 0 Å². The minimum atomic E-state index is -0.204. The van der Waals surface area contributed by atoms with E-state index in [0.29, 0.717) is 34.9 Å². The van der Waals surface area contributed by atoms with Crippen LogP contribution in [0.15, 0.2) is 36.1 Å². The Balaban J connectivity index is 1.99. The van der Waals surface area contributed by atoms with Gasteiger partial charge in [0.2, 0.25) is 5.78 Å². The largest absolute Gasteiger partial charge is 0.507 e. The Morgan fingerprint density at radius 1 is 1.12 bits per heavy atom. The van der Waals surface area contributed by atoms with Gasteiger partial charge in [-0.2, -0.15) is 0 Å². The monoisotopic (exact) mass is 356 g/mol. The van der Waals surface area contributed by atoms with Crippen molar-refractivity contribution in [1.29, 1.82) is 0 Å². The molecule has 0 fully saturated rings. The van der Waals surface area contributed by atoms with Gasteiger partial charge in [0.15, 0.2) is 23.0 Å². The van der Waals surface area contributed by atoms with Crippen LogP contribution in [0, 0.1) is 0 Å². The second kappa shape index (κ2) is 7.09. The number of rotatable bonds is 5. The van der Waals surface area contributed by atoms with Crippen LogP contribution in [-0.2, 0) is 6.54 Å². The molecule has 6 nitrogen and oxygen atoms in total. The highest BCUT2D eigenvalue weighted by Crippen LogP contribution is 2.39. The SMILES string of the molecule is COc1ccc(/C=C2\Oc3c(ccc(O)c3C[NH+](C)C)C2=O)cc1OC. The number of hydrogen-bond acceptors (Lipinski definition) is 5. The van der Waals surface area contributed by atoms with Gasteiger partial charge in [0.1, 0.15) is 12.3 Å². The van der Waals surface area contributed by atoms with Gasteiger partial charge in [-0.15, -0.1) is 0 Å². The van der Waals surface area contributed by atoms with Crippen LogP contribution in [0.25, 0.3) is 6.08 Å². The van der Waals surface area contributed by atoms with Gasteiger partial charge in [-0.3, -0.25) is 4.79 Å². The number of hydrogen-bond donors (Lipinski definition) is 2. The van der Waals surface area contributed by atoms with E-state index < -0.39 is 0 Å². The summed E-state index contributed by atoms with van der Waals surface area (Å²) in [5.41, 5.74) is 1.85. The molecule has 2 aromatic rings. The standard InChI is InChI=1S/C20H21NO5/c1-21(2)11-14-15(22)7-6-13-19(23)18(26-20(13)14)10-12-5-8-16(24-3)17(9-12)25-4/h5-10,22H,11H2,1-4H3/p+1/b18-10-. The average molecular weight is 356 g/mol. The van der Waals surface area contributed by atoms with Crippen molar-refractivity contribution in [3.8, 4) is 23.0 Å². The summed E-state index contributed by atoms with van der Waals surface area (Å²) >= 11 is 0. The Hall–Kier alpha value is -2.99. The molecule has 2 aromatic carbocycles. The molecule has 0 saturated carbocycles. The van der Waals surface area contributed by atoms with Gasteiger partial charge in [0, 0.05) is 0 Å². The quantitative estimate of drug-likeness (QED) is 0.798. The van der Waals surface area contributed by atoms with Crippen molar-refractivity contribution in [3.63, 3.8) is 0 Å². The van der Waals surface area contributed by atoms with E-state index in [1.807, 2.05) is 20.2 Å². The van der Waals surface area contributed by atoms with Gasteiger partial charge in [0.25, 0.3) is 0 Å². The first-order valence-corrected chi connectivity index (χ1v) is 8.24. The number of carbonyl (C=O) groups is 1. The lowest BCUT2D eigenvalue weighted by Crippen LogP contribution is -3.04. The van der Waals surface area contributed by atoms with Crippen molar-refractivity contribution in [2.75, 3.05) is 28.3 Å². The number of phenolic OH excluding ortho intramolecular Hbond substituents is 1. The van der Waals surface area contributed by atoms with Crippen molar-refractivity contribution in [2.45, 2.75) is 6.54 Å². The predicted octanol–water partition coefficient (Wildman–Crippen LogP) is 1.67. The van der Waals surface area contributed by atoms with Crippen LogP contribution in [0.1, 0.15) is 21.5 Å². The molecule has 0 unspecified atom stereocenters. The molecule has 0 radical (unpaired) electrons. The highest BCUT2D eigenvalue weighted by molar-refractivity contribution is 6.15. The summed E-state index contributed by atoms with van der Waals surface area (Å²) in [6.07, 6.45) is 1.66. The van der Waals surface area contributed by atoms with Gasteiger partial charge in [-0.25, -0.2) is 0 Å². The third-order valence-corrected chi connectivity index (χ3v) is 4.15. The molecule has 0 bridgehead atoms. The number of nitrogens with one attached hydrogen (secondary N) is 1. The number of fused-ring (bicyclic) bond motifs is 1. The van der Waals surface area contributed by atoms with Gasteiger partial charge in [-0.1, -0.05) is 6.07 Å². The molecule has 0 aromatic heterocycles. The topological polar surface area (TPSA) is 69.4 Å². The third kappa shape index (κ3) is 3.23. The maximum absolute atomic E-state index is 12.7. The lowest BCUT2D eigenvalue weighted by atomic mass is 10.0. The number of Topliss-reactive ketones (excluding diaryl/α,β-unsaturated/α-hetero) is 1. The van der Waals surface area contributed by atoms with Crippen molar-refractivity contribution in [3.05, 3.63) is 52.8 Å². The van der Waals surface area contributed by atoms with E-state index >= 15 is 0 Å². The first kappa shape index (κ1) is 17.8. The first-order valence-electron chi connectivity index (χ1n) is 8.24. The summed E-state index contributed by atoms with van der Waals surface area (Å²) in [6.45, 7) is 0.548. The zero-order valence-corrected chi connectivity index (χ0v) is 15.3. The zero-order valence-electron chi connectivity index (χ0n) is 15.3. The van der Waals surface area contributed by atoms with Gasteiger partial charge < -0.3 is 24.2 Å². The molecule has 2 N–H and O–H groups in total. The molecule has 1 aliphatic rings. The Morgan fingerprint density at radius 3 is 2.50 bits per heavy atom. The number of ketones is 1. The number of phenols is 1. The van der Waals surface area contributed by atoms with E-state index in [-0.39, 0.29) is 17.3 Å². The summed E-state index contributed by atoms with van der Waals surface area (Å²) in [6, 6.07) is 8.49. The van der Waals surface area contributed by atoms with Crippen molar-refractivity contribution in [2.24, 2.45) is 0 Å². The van der Waals surface area contributed by atoms with Crippen LogP contribution < -0.4 is 19.1 Å².